The molecule has 0 atom stereocenters. The van der Waals surface area contributed by atoms with Crippen LogP contribution < -0.4 is 10.2 Å². The van der Waals surface area contributed by atoms with E-state index in [1.165, 1.54) is 25.1 Å². The fraction of sp³-hybridized carbons (Fsp3) is 0.364. The molecule has 6 heteroatoms. The molecule has 5 nitrogen and oxygen atoms in total. The molecule has 146 valence electrons. The Morgan fingerprint density at radius 3 is 2.54 bits per heavy atom. The van der Waals surface area contributed by atoms with Crippen LogP contribution in [0.3, 0.4) is 0 Å². The molecular formula is C22H26BrN5. The number of hydrogen-bond donors (Lipinski definition) is 1. The summed E-state index contributed by atoms with van der Waals surface area (Å²) in [4.78, 5) is 13.6. The number of nitrogens with one attached hydrogen (secondary N) is 1. The molecule has 3 aromatic rings. The SMILES string of the molecule is CN(C)CC1CCN(c2ccc(Nc3ncnc4ccc(Br)cc34)cc2)CC1. The maximum Gasteiger partial charge on any atom is 0.141 e. The van der Waals surface area contributed by atoms with Crippen molar-refractivity contribution in [1.82, 2.24) is 14.9 Å². The third kappa shape index (κ3) is 4.45. The maximum absolute atomic E-state index is 4.43. The van der Waals surface area contributed by atoms with Gasteiger partial charge in [0, 0.05) is 40.9 Å². The van der Waals surface area contributed by atoms with Crippen molar-refractivity contribution < 1.29 is 0 Å². The Bertz CT molecular complexity index is 933. The standard InChI is InChI=1S/C22H26BrN5/c1-27(2)14-16-9-11-28(12-10-16)19-6-4-18(5-7-19)26-22-20-13-17(23)3-8-21(20)24-15-25-22/h3-8,13,15-16H,9-12,14H2,1-2H3,(H,24,25,26). The van der Waals surface area contributed by atoms with Crippen LogP contribution in [0.1, 0.15) is 12.8 Å². The summed E-state index contributed by atoms with van der Waals surface area (Å²) in [5.74, 6) is 1.64. The van der Waals surface area contributed by atoms with E-state index >= 15 is 0 Å². The average Bonchev–Trinajstić information content (AvgIpc) is 2.69. The molecule has 1 fully saturated rings. The Morgan fingerprint density at radius 2 is 1.82 bits per heavy atom. The van der Waals surface area contributed by atoms with E-state index in [4.69, 9.17) is 0 Å². The lowest BCUT2D eigenvalue weighted by molar-refractivity contribution is 0.285. The van der Waals surface area contributed by atoms with E-state index in [1.807, 2.05) is 18.2 Å². The Morgan fingerprint density at radius 1 is 1.07 bits per heavy atom. The van der Waals surface area contributed by atoms with Crippen molar-refractivity contribution in [3.8, 4) is 0 Å². The van der Waals surface area contributed by atoms with Gasteiger partial charge in [0.1, 0.15) is 12.1 Å². The van der Waals surface area contributed by atoms with Gasteiger partial charge in [-0.2, -0.15) is 0 Å². The molecule has 0 saturated carbocycles. The van der Waals surface area contributed by atoms with Gasteiger partial charge in [-0.25, -0.2) is 9.97 Å². The molecule has 0 aliphatic carbocycles. The minimum atomic E-state index is 0.817. The van der Waals surface area contributed by atoms with Crippen molar-refractivity contribution in [2.75, 3.05) is 43.9 Å². The topological polar surface area (TPSA) is 44.3 Å². The molecule has 4 rings (SSSR count). The first kappa shape index (κ1) is 19.2. The zero-order valence-electron chi connectivity index (χ0n) is 16.4. The predicted octanol–water partition coefficient (Wildman–Crippen LogP) is 4.91. The molecule has 28 heavy (non-hydrogen) atoms. The van der Waals surface area contributed by atoms with E-state index in [0.29, 0.717) is 0 Å². The normalized spacial score (nSPS) is 15.4. The van der Waals surface area contributed by atoms with Crippen LogP contribution in [0.2, 0.25) is 0 Å². The van der Waals surface area contributed by atoms with Crippen LogP contribution in [0.5, 0.6) is 0 Å². The van der Waals surface area contributed by atoms with E-state index in [9.17, 15) is 0 Å². The van der Waals surface area contributed by atoms with Gasteiger partial charge in [0.25, 0.3) is 0 Å². The average molecular weight is 440 g/mol. The van der Waals surface area contributed by atoms with Crippen LogP contribution in [0, 0.1) is 5.92 Å². The molecule has 0 bridgehead atoms. The fourth-order valence-corrected chi connectivity index (χ4v) is 4.27. The zero-order chi connectivity index (χ0) is 19.5. The van der Waals surface area contributed by atoms with Gasteiger partial charge in [-0.1, -0.05) is 15.9 Å². The third-order valence-corrected chi connectivity index (χ3v) is 5.82. The lowest BCUT2D eigenvalue weighted by Gasteiger charge is -2.34. The van der Waals surface area contributed by atoms with Crippen molar-refractivity contribution >= 4 is 44.0 Å². The number of hydrogen-bond acceptors (Lipinski definition) is 5. The van der Waals surface area contributed by atoms with Crippen LogP contribution in [-0.4, -0.2) is 48.6 Å². The molecule has 0 amide bonds. The predicted molar refractivity (Wildman–Crippen MR) is 120 cm³/mol. The van der Waals surface area contributed by atoms with Gasteiger partial charge in [-0.15, -0.1) is 0 Å². The van der Waals surface area contributed by atoms with Crippen molar-refractivity contribution in [2.24, 2.45) is 5.92 Å². The summed E-state index contributed by atoms with van der Waals surface area (Å²) in [5.41, 5.74) is 3.26. The lowest BCUT2D eigenvalue weighted by atomic mass is 9.96. The minimum absolute atomic E-state index is 0.817. The van der Waals surface area contributed by atoms with Gasteiger partial charge < -0.3 is 15.1 Å². The van der Waals surface area contributed by atoms with E-state index in [2.05, 4.69) is 79.4 Å². The summed E-state index contributed by atoms with van der Waals surface area (Å²) in [6.07, 6.45) is 4.13. The number of anilines is 3. The first-order valence-corrected chi connectivity index (χ1v) is 10.5. The van der Waals surface area contributed by atoms with Gasteiger partial charge in [-0.3, -0.25) is 0 Å². The first-order chi connectivity index (χ1) is 13.6. The Labute approximate surface area is 174 Å². The Balaban J connectivity index is 1.44. The monoisotopic (exact) mass is 439 g/mol. The highest BCUT2D eigenvalue weighted by molar-refractivity contribution is 9.10. The van der Waals surface area contributed by atoms with Crippen LogP contribution in [0.25, 0.3) is 10.9 Å². The second-order valence-electron chi connectivity index (χ2n) is 7.75. The second-order valence-corrected chi connectivity index (χ2v) is 8.66. The summed E-state index contributed by atoms with van der Waals surface area (Å²) >= 11 is 3.53. The summed E-state index contributed by atoms with van der Waals surface area (Å²) in [6, 6.07) is 14.7. The molecule has 2 heterocycles. The molecule has 1 aliphatic heterocycles. The second kappa shape index (κ2) is 8.45. The van der Waals surface area contributed by atoms with E-state index in [0.717, 1.165) is 45.9 Å². The highest BCUT2D eigenvalue weighted by Gasteiger charge is 2.19. The lowest BCUT2D eigenvalue weighted by Crippen LogP contribution is -2.37. The van der Waals surface area contributed by atoms with Crippen LogP contribution in [0.15, 0.2) is 53.3 Å². The smallest absolute Gasteiger partial charge is 0.141 e. The number of benzene rings is 2. The number of halogens is 1. The first-order valence-electron chi connectivity index (χ1n) is 9.75. The summed E-state index contributed by atoms with van der Waals surface area (Å²) in [7, 11) is 4.33. The maximum atomic E-state index is 4.43. The Hall–Kier alpha value is -2.18. The molecule has 1 aliphatic rings. The van der Waals surface area contributed by atoms with Crippen LogP contribution in [-0.2, 0) is 0 Å². The fourth-order valence-electron chi connectivity index (χ4n) is 3.91. The highest BCUT2D eigenvalue weighted by Crippen LogP contribution is 2.28. The van der Waals surface area contributed by atoms with Crippen molar-refractivity contribution in [1.29, 1.82) is 0 Å². The molecule has 0 spiro atoms. The minimum Gasteiger partial charge on any atom is -0.372 e. The van der Waals surface area contributed by atoms with Gasteiger partial charge >= 0.3 is 0 Å². The molecule has 1 aromatic heterocycles. The van der Waals surface area contributed by atoms with Crippen LogP contribution >= 0.6 is 15.9 Å². The van der Waals surface area contributed by atoms with Gasteiger partial charge in [0.2, 0.25) is 0 Å². The van der Waals surface area contributed by atoms with Crippen molar-refractivity contribution in [2.45, 2.75) is 12.8 Å². The quantitative estimate of drug-likeness (QED) is 0.611. The third-order valence-electron chi connectivity index (χ3n) is 5.33. The number of piperidine rings is 1. The number of aromatic nitrogens is 2. The number of fused-ring (bicyclic) bond motifs is 1. The summed E-state index contributed by atoms with van der Waals surface area (Å²) in [6.45, 7) is 3.46. The van der Waals surface area contributed by atoms with Crippen molar-refractivity contribution in [3.63, 3.8) is 0 Å². The summed E-state index contributed by atoms with van der Waals surface area (Å²) in [5, 5.41) is 4.44. The number of nitrogens with zero attached hydrogens (tertiary/aromatic N) is 4. The highest BCUT2D eigenvalue weighted by atomic mass is 79.9. The molecular weight excluding hydrogens is 414 g/mol. The number of rotatable bonds is 5. The van der Waals surface area contributed by atoms with Gasteiger partial charge in [-0.05, 0) is 75.3 Å². The molecule has 0 unspecified atom stereocenters. The molecule has 1 saturated heterocycles. The van der Waals surface area contributed by atoms with Gasteiger partial charge in [0.05, 0.1) is 5.52 Å². The largest absolute Gasteiger partial charge is 0.372 e. The molecule has 2 aromatic carbocycles. The molecule has 1 N–H and O–H groups in total. The summed E-state index contributed by atoms with van der Waals surface area (Å²) < 4.78 is 1.02. The molecule has 0 radical (unpaired) electrons. The van der Waals surface area contributed by atoms with Gasteiger partial charge in [0.15, 0.2) is 0 Å². The zero-order valence-corrected chi connectivity index (χ0v) is 18.0. The van der Waals surface area contributed by atoms with E-state index < -0.39 is 0 Å². The van der Waals surface area contributed by atoms with Crippen molar-refractivity contribution in [3.05, 3.63) is 53.3 Å². The van der Waals surface area contributed by atoms with Crippen LogP contribution in [0.4, 0.5) is 17.2 Å². The van der Waals surface area contributed by atoms with E-state index in [1.54, 1.807) is 6.33 Å². The Kier molecular flexibility index (Phi) is 5.78. The van der Waals surface area contributed by atoms with E-state index in [-0.39, 0.29) is 0 Å².